The Morgan fingerprint density at radius 1 is 1.29 bits per heavy atom. The second-order valence-corrected chi connectivity index (χ2v) is 4.52. The fourth-order valence-electron chi connectivity index (χ4n) is 1.83. The number of nitrogens with zero attached hydrogens (tertiary/aromatic N) is 1. The summed E-state index contributed by atoms with van der Waals surface area (Å²) < 4.78 is 4.96. The Morgan fingerprint density at radius 2 is 2.00 bits per heavy atom. The highest BCUT2D eigenvalue weighted by atomic mass is 16.5. The topological polar surface area (TPSA) is 97.5 Å². The van der Waals surface area contributed by atoms with Gasteiger partial charge < -0.3 is 20.9 Å². The van der Waals surface area contributed by atoms with E-state index in [9.17, 15) is 9.90 Å². The number of hydrogen-bond donors (Lipinski definition) is 3. The number of nitrogens with two attached hydrogens (primary N) is 1. The van der Waals surface area contributed by atoms with Crippen molar-refractivity contribution in [1.29, 1.82) is 0 Å². The van der Waals surface area contributed by atoms with Gasteiger partial charge in [-0.15, -0.1) is 0 Å². The van der Waals surface area contributed by atoms with Crippen LogP contribution in [0, 0.1) is 0 Å². The average molecular weight is 287 g/mol. The van der Waals surface area contributed by atoms with Gasteiger partial charge in [0.05, 0.1) is 17.9 Å². The van der Waals surface area contributed by atoms with Gasteiger partial charge in [-0.2, -0.15) is 0 Å². The van der Waals surface area contributed by atoms with E-state index >= 15 is 0 Å². The van der Waals surface area contributed by atoms with Crippen molar-refractivity contribution in [1.82, 2.24) is 10.3 Å². The van der Waals surface area contributed by atoms with Gasteiger partial charge in [0.25, 0.3) is 5.91 Å². The average Bonchev–Trinajstić information content (AvgIpc) is 2.47. The zero-order valence-electron chi connectivity index (χ0n) is 11.7. The van der Waals surface area contributed by atoms with Crippen molar-refractivity contribution < 1.29 is 14.6 Å². The molecule has 0 bridgehead atoms. The Hall–Kier alpha value is -2.60. The molecule has 0 spiro atoms. The molecule has 0 fully saturated rings. The number of carbonyl (C=O) groups is 1. The van der Waals surface area contributed by atoms with Gasteiger partial charge in [0.1, 0.15) is 11.6 Å². The first-order chi connectivity index (χ1) is 10.1. The number of rotatable bonds is 5. The normalized spacial score (nSPS) is 10.3. The van der Waals surface area contributed by atoms with Crippen LogP contribution < -0.4 is 11.1 Å². The van der Waals surface area contributed by atoms with E-state index in [4.69, 9.17) is 10.5 Å². The molecule has 110 valence electrons. The molecule has 1 aromatic carbocycles. The lowest BCUT2D eigenvalue weighted by Gasteiger charge is -2.08. The van der Waals surface area contributed by atoms with Crippen LogP contribution in [0.15, 0.2) is 36.4 Å². The SMILES string of the molecule is COCc1ccc(C(=O)NCc2ccc(O)cc2)c(N)n1. The number of nitrogens with one attached hydrogen (secondary N) is 1. The van der Waals surface area contributed by atoms with E-state index in [1.807, 2.05) is 0 Å². The quantitative estimate of drug-likeness (QED) is 0.773. The molecule has 0 saturated carbocycles. The standard InChI is InChI=1S/C15H17N3O3/c1-21-9-11-4-7-13(14(16)18-11)15(20)17-8-10-2-5-12(19)6-3-10/h2-7,19H,8-9H2,1H3,(H2,16,18)(H,17,20). The first-order valence-corrected chi connectivity index (χ1v) is 6.40. The lowest BCUT2D eigenvalue weighted by Crippen LogP contribution is -2.24. The van der Waals surface area contributed by atoms with Crippen LogP contribution in [0.5, 0.6) is 5.75 Å². The van der Waals surface area contributed by atoms with Gasteiger partial charge in [0, 0.05) is 13.7 Å². The van der Waals surface area contributed by atoms with Crippen molar-refractivity contribution in [3.05, 3.63) is 53.2 Å². The highest BCUT2D eigenvalue weighted by Crippen LogP contribution is 2.12. The molecule has 0 aliphatic rings. The molecule has 1 amide bonds. The maximum absolute atomic E-state index is 12.1. The summed E-state index contributed by atoms with van der Waals surface area (Å²) in [7, 11) is 1.57. The van der Waals surface area contributed by atoms with Crippen LogP contribution in [0.2, 0.25) is 0 Å². The monoisotopic (exact) mass is 287 g/mol. The number of amides is 1. The Bertz CT molecular complexity index is 627. The minimum Gasteiger partial charge on any atom is -0.508 e. The summed E-state index contributed by atoms with van der Waals surface area (Å²) in [6, 6.07) is 9.93. The maximum Gasteiger partial charge on any atom is 0.255 e. The second-order valence-electron chi connectivity index (χ2n) is 4.52. The number of nitrogen functional groups attached to an aromatic ring is 1. The number of aromatic nitrogens is 1. The predicted octanol–water partition coefficient (Wildman–Crippen LogP) is 1.45. The number of anilines is 1. The number of carbonyl (C=O) groups excluding carboxylic acids is 1. The number of phenols is 1. The molecule has 0 saturated heterocycles. The summed E-state index contributed by atoms with van der Waals surface area (Å²) >= 11 is 0. The third kappa shape index (κ3) is 3.93. The molecular formula is C15H17N3O3. The molecule has 0 atom stereocenters. The lowest BCUT2D eigenvalue weighted by molar-refractivity contribution is 0.0951. The van der Waals surface area contributed by atoms with Crippen LogP contribution in [0.1, 0.15) is 21.6 Å². The molecule has 0 aliphatic carbocycles. The molecule has 6 nitrogen and oxygen atoms in total. The maximum atomic E-state index is 12.1. The third-order valence-corrected chi connectivity index (χ3v) is 2.91. The van der Waals surface area contributed by atoms with Crippen LogP contribution in [-0.4, -0.2) is 23.1 Å². The summed E-state index contributed by atoms with van der Waals surface area (Å²) in [5, 5.41) is 12.0. The van der Waals surface area contributed by atoms with Crippen LogP contribution in [-0.2, 0) is 17.9 Å². The second kappa shape index (κ2) is 6.71. The largest absolute Gasteiger partial charge is 0.508 e. The molecular weight excluding hydrogens is 270 g/mol. The zero-order chi connectivity index (χ0) is 15.2. The number of ether oxygens (including phenoxy) is 1. The van der Waals surface area contributed by atoms with E-state index in [1.165, 1.54) is 0 Å². The minimum atomic E-state index is -0.294. The predicted molar refractivity (Wildman–Crippen MR) is 78.6 cm³/mol. The van der Waals surface area contributed by atoms with Crippen molar-refractivity contribution in [2.45, 2.75) is 13.2 Å². The number of benzene rings is 1. The molecule has 2 rings (SSSR count). The Kier molecular flexibility index (Phi) is 4.73. The van der Waals surface area contributed by atoms with Gasteiger partial charge in [-0.3, -0.25) is 4.79 Å². The van der Waals surface area contributed by atoms with E-state index in [2.05, 4.69) is 10.3 Å². The molecule has 0 aliphatic heterocycles. The molecule has 0 unspecified atom stereocenters. The van der Waals surface area contributed by atoms with Gasteiger partial charge in [-0.1, -0.05) is 12.1 Å². The van der Waals surface area contributed by atoms with Crippen LogP contribution in [0.25, 0.3) is 0 Å². The van der Waals surface area contributed by atoms with E-state index in [-0.39, 0.29) is 17.5 Å². The van der Waals surface area contributed by atoms with Crippen molar-refractivity contribution in [3.8, 4) is 5.75 Å². The number of methoxy groups -OCH3 is 1. The molecule has 1 aromatic heterocycles. The van der Waals surface area contributed by atoms with Gasteiger partial charge in [-0.05, 0) is 29.8 Å². The van der Waals surface area contributed by atoms with E-state index in [1.54, 1.807) is 43.5 Å². The molecule has 1 heterocycles. The molecule has 2 aromatic rings. The Balaban J connectivity index is 2.01. The van der Waals surface area contributed by atoms with Crippen molar-refractivity contribution in [2.75, 3.05) is 12.8 Å². The van der Waals surface area contributed by atoms with Crippen LogP contribution in [0.4, 0.5) is 5.82 Å². The van der Waals surface area contributed by atoms with Crippen molar-refractivity contribution in [2.24, 2.45) is 0 Å². The first-order valence-electron chi connectivity index (χ1n) is 6.40. The van der Waals surface area contributed by atoms with Crippen molar-refractivity contribution in [3.63, 3.8) is 0 Å². The molecule has 0 radical (unpaired) electrons. The Morgan fingerprint density at radius 3 is 2.62 bits per heavy atom. The first kappa shape index (κ1) is 14.8. The van der Waals surface area contributed by atoms with Gasteiger partial charge in [0.2, 0.25) is 0 Å². The highest BCUT2D eigenvalue weighted by molar-refractivity contribution is 5.98. The summed E-state index contributed by atoms with van der Waals surface area (Å²) in [5.74, 6) is 0.0667. The Labute approximate surface area is 122 Å². The minimum absolute atomic E-state index is 0.174. The van der Waals surface area contributed by atoms with E-state index in [0.29, 0.717) is 24.4 Å². The lowest BCUT2D eigenvalue weighted by atomic mass is 10.2. The van der Waals surface area contributed by atoms with E-state index < -0.39 is 0 Å². The fraction of sp³-hybridized carbons (Fsp3) is 0.200. The van der Waals surface area contributed by atoms with Gasteiger partial charge in [0.15, 0.2) is 0 Å². The fourth-order valence-corrected chi connectivity index (χ4v) is 1.83. The summed E-state index contributed by atoms with van der Waals surface area (Å²) in [5.41, 5.74) is 7.66. The van der Waals surface area contributed by atoms with Crippen LogP contribution in [0.3, 0.4) is 0 Å². The summed E-state index contributed by atoms with van der Waals surface area (Å²) in [4.78, 5) is 16.2. The smallest absolute Gasteiger partial charge is 0.255 e. The summed E-state index contributed by atoms with van der Waals surface area (Å²) in [6.45, 7) is 0.692. The number of hydrogen-bond acceptors (Lipinski definition) is 5. The van der Waals surface area contributed by atoms with Crippen LogP contribution >= 0.6 is 0 Å². The summed E-state index contributed by atoms with van der Waals surface area (Å²) in [6.07, 6.45) is 0. The van der Waals surface area contributed by atoms with Gasteiger partial charge in [-0.25, -0.2) is 4.98 Å². The molecule has 6 heteroatoms. The number of aromatic hydroxyl groups is 1. The molecule has 4 N–H and O–H groups in total. The number of pyridine rings is 1. The third-order valence-electron chi connectivity index (χ3n) is 2.91. The van der Waals surface area contributed by atoms with Gasteiger partial charge >= 0.3 is 0 Å². The van der Waals surface area contributed by atoms with E-state index in [0.717, 1.165) is 5.56 Å². The highest BCUT2D eigenvalue weighted by Gasteiger charge is 2.11. The molecule has 21 heavy (non-hydrogen) atoms. The number of phenolic OH excluding ortho intramolecular Hbond substituents is 1. The van der Waals surface area contributed by atoms with Crippen molar-refractivity contribution >= 4 is 11.7 Å². The zero-order valence-corrected chi connectivity index (χ0v) is 11.7.